The molecule has 32 heavy (non-hydrogen) atoms. The third-order valence-electron chi connectivity index (χ3n) is 5.57. The maximum absolute atomic E-state index is 12.7. The van der Waals surface area contributed by atoms with E-state index < -0.39 is 5.54 Å². The predicted octanol–water partition coefficient (Wildman–Crippen LogP) is 3.21. The molecule has 0 aromatic heterocycles. The molecule has 3 rings (SSSR count). The van der Waals surface area contributed by atoms with Gasteiger partial charge in [-0.2, -0.15) is 0 Å². The Morgan fingerprint density at radius 1 is 1.09 bits per heavy atom. The first kappa shape index (κ1) is 23.4. The zero-order valence-electron chi connectivity index (χ0n) is 18.8. The number of likely N-dealkylation sites (tertiary alicyclic amines) is 1. The van der Waals surface area contributed by atoms with Gasteiger partial charge in [0, 0.05) is 32.5 Å². The summed E-state index contributed by atoms with van der Waals surface area (Å²) in [6.45, 7) is 3.33. The van der Waals surface area contributed by atoms with Crippen molar-refractivity contribution in [3.05, 3.63) is 54.1 Å². The monoisotopic (exact) mass is 441 g/mol. The Kier molecular flexibility index (Phi) is 7.94. The van der Waals surface area contributed by atoms with E-state index in [1.807, 2.05) is 31.2 Å². The molecule has 2 aromatic rings. The van der Waals surface area contributed by atoms with Crippen molar-refractivity contribution in [2.45, 2.75) is 25.3 Å². The van der Waals surface area contributed by atoms with E-state index in [0.717, 1.165) is 17.0 Å². The second-order valence-electron chi connectivity index (χ2n) is 8.00. The van der Waals surface area contributed by atoms with Gasteiger partial charge >= 0.3 is 6.03 Å². The highest BCUT2D eigenvalue weighted by Gasteiger charge is 2.41. The number of benzene rings is 2. The van der Waals surface area contributed by atoms with Crippen molar-refractivity contribution < 1.29 is 23.8 Å². The summed E-state index contributed by atoms with van der Waals surface area (Å²) in [6, 6.07) is 14.4. The molecule has 172 valence electrons. The number of rotatable bonds is 9. The van der Waals surface area contributed by atoms with Crippen molar-refractivity contribution in [1.29, 1.82) is 0 Å². The lowest BCUT2D eigenvalue weighted by molar-refractivity contribution is -0.132. The lowest BCUT2D eigenvalue weighted by atomic mass is 9.94. The summed E-state index contributed by atoms with van der Waals surface area (Å²) >= 11 is 0. The Morgan fingerprint density at radius 2 is 1.84 bits per heavy atom. The number of hydrogen-bond acceptors (Lipinski definition) is 5. The van der Waals surface area contributed by atoms with Crippen molar-refractivity contribution in [3.63, 3.8) is 0 Å². The molecule has 1 atom stereocenters. The molecule has 0 radical (unpaired) electrons. The summed E-state index contributed by atoms with van der Waals surface area (Å²) in [7, 11) is 3.22. The Balaban J connectivity index is 1.57. The molecular formula is C24H31N3O5. The molecule has 0 saturated carbocycles. The smallest absolute Gasteiger partial charge is 0.319 e. The van der Waals surface area contributed by atoms with Crippen LogP contribution in [-0.2, 0) is 9.53 Å². The van der Waals surface area contributed by atoms with Gasteiger partial charge in [-0.3, -0.25) is 4.79 Å². The quantitative estimate of drug-likeness (QED) is 0.624. The second kappa shape index (κ2) is 10.9. The van der Waals surface area contributed by atoms with Crippen LogP contribution in [0, 0.1) is 6.92 Å². The number of carbonyl (C=O) groups is 2. The van der Waals surface area contributed by atoms with Crippen LogP contribution in [0.3, 0.4) is 0 Å². The van der Waals surface area contributed by atoms with Gasteiger partial charge in [-0.05, 0) is 61.7 Å². The number of aryl methyl sites for hydroxylation is 1. The average Bonchev–Trinajstić information content (AvgIpc) is 3.20. The van der Waals surface area contributed by atoms with Gasteiger partial charge in [-0.15, -0.1) is 0 Å². The maximum Gasteiger partial charge on any atom is 0.319 e. The van der Waals surface area contributed by atoms with Gasteiger partial charge in [0.05, 0.1) is 12.6 Å². The van der Waals surface area contributed by atoms with Crippen molar-refractivity contribution in [2.24, 2.45) is 0 Å². The van der Waals surface area contributed by atoms with Crippen LogP contribution < -0.4 is 20.1 Å². The minimum Gasteiger partial charge on any atom is -0.497 e. The van der Waals surface area contributed by atoms with Gasteiger partial charge in [0.15, 0.2) is 6.61 Å². The number of urea groups is 1. The van der Waals surface area contributed by atoms with Crippen LogP contribution in [0.25, 0.3) is 0 Å². The molecule has 2 aromatic carbocycles. The second-order valence-corrected chi connectivity index (χ2v) is 8.00. The first-order chi connectivity index (χ1) is 15.4. The zero-order chi connectivity index (χ0) is 23.0. The largest absolute Gasteiger partial charge is 0.497 e. The highest BCUT2D eigenvalue weighted by molar-refractivity contribution is 5.90. The highest BCUT2D eigenvalue weighted by atomic mass is 16.5. The summed E-state index contributed by atoms with van der Waals surface area (Å²) in [4.78, 5) is 27.1. The number of anilines is 1. The van der Waals surface area contributed by atoms with Gasteiger partial charge in [0.2, 0.25) is 0 Å². The fourth-order valence-electron chi connectivity index (χ4n) is 3.79. The third kappa shape index (κ3) is 6.37. The first-order valence-corrected chi connectivity index (χ1v) is 10.6. The number of hydrogen-bond donors (Lipinski definition) is 2. The molecule has 3 amide bonds. The van der Waals surface area contributed by atoms with Crippen LogP contribution in [0.5, 0.6) is 11.5 Å². The minimum atomic E-state index is -0.556. The summed E-state index contributed by atoms with van der Waals surface area (Å²) in [5.74, 6) is 1.20. The standard InChI is InChI=1S/C24H31N3O5/c1-18-5-4-6-19(15-18)25-23(29)26-24(12-14-30-2)11-13-27(17-24)22(28)16-32-21-9-7-20(31-3)8-10-21/h4-10,15H,11-14,16-17H2,1-3H3,(H2,25,26,29). The zero-order valence-corrected chi connectivity index (χ0v) is 18.8. The van der Waals surface area contributed by atoms with E-state index in [1.54, 1.807) is 43.4 Å². The average molecular weight is 442 g/mol. The van der Waals surface area contributed by atoms with Crippen LogP contribution in [0.15, 0.2) is 48.5 Å². The molecule has 1 aliphatic rings. The Bertz CT molecular complexity index is 918. The molecule has 8 nitrogen and oxygen atoms in total. The number of ether oxygens (including phenoxy) is 3. The first-order valence-electron chi connectivity index (χ1n) is 10.6. The minimum absolute atomic E-state index is 0.0673. The van der Waals surface area contributed by atoms with Crippen molar-refractivity contribution >= 4 is 17.6 Å². The molecule has 2 N–H and O–H groups in total. The lowest BCUT2D eigenvalue weighted by Gasteiger charge is -2.30. The Labute approximate surface area is 188 Å². The number of amides is 3. The van der Waals surface area contributed by atoms with Crippen LogP contribution in [0.1, 0.15) is 18.4 Å². The molecule has 8 heteroatoms. The fourth-order valence-corrected chi connectivity index (χ4v) is 3.79. The van der Waals surface area contributed by atoms with E-state index in [2.05, 4.69) is 10.6 Å². The molecule has 1 aliphatic heterocycles. The molecule has 0 spiro atoms. The Morgan fingerprint density at radius 3 is 2.53 bits per heavy atom. The van der Waals surface area contributed by atoms with Crippen molar-refractivity contribution in [2.75, 3.05) is 45.8 Å². The number of nitrogens with zero attached hydrogens (tertiary/aromatic N) is 1. The summed E-state index contributed by atoms with van der Waals surface area (Å²) in [5, 5.41) is 5.97. The van der Waals surface area contributed by atoms with E-state index in [0.29, 0.717) is 38.3 Å². The van der Waals surface area contributed by atoms with Gasteiger partial charge in [-0.1, -0.05) is 12.1 Å². The molecule has 0 aliphatic carbocycles. The van der Waals surface area contributed by atoms with E-state index in [-0.39, 0.29) is 18.5 Å². The van der Waals surface area contributed by atoms with Crippen molar-refractivity contribution in [1.82, 2.24) is 10.2 Å². The molecule has 1 heterocycles. The SMILES string of the molecule is COCCC1(NC(=O)Nc2cccc(C)c2)CCN(C(=O)COc2ccc(OC)cc2)C1. The summed E-state index contributed by atoms with van der Waals surface area (Å²) < 4.78 is 16.0. The van der Waals surface area contributed by atoms with E-state index in [9.17, 15) is 9.59 Å². The third-order valence-corrected chi connectivity index (χ3v) is 5.57. The van der Waals surface area contributed by atoms with Gasteiger partial charge in [0.1, 0.15) is 11.5 Å². The van der Waals surface area contributed by atoms with Crippen LogP contribution in [0.4, 0.5) is 10.5 Å². The Hall–Kier alpha value is -3.26. The van der Waals surface area contributed by atoms with Crippen LogP contribution in [-0.4, -0.2) is 62.9 Å². The van der Waals surface area contributed by atoms with Crippen molar-refractivity contribution in [3.8, 4) is 11.5 Å². The fraction of sp³-hybridized carbons (Fsp3) is 0.417. The van der Waals surface area contributed by atoms with E-state index >= 15 is 0 Å². The normalized spacial score (nSPS) is 17.7. The van der Waals surface area contributed by atoms with Crippen LogP contribution in [0.2, 0.25) is 0 Å². The topological polar surface area (TPSA) is 89.1 Å². The molecule has 0 bridgehead atoms. The number of carbonyl (C=O) groups excluding carboxylic acids is 2. The number of methoxy groups -OCH3 is 2. The van der Waals surface area contributed by atoms with Gasteiger partial charge in [0.25, 0.3) is 5.91 Å². The maximum atomic E-state index is 12.7. The van der Waals surface area contributed by atoms with E-state index in [4.69, 9.17) is 14.2 Å². The lowest BCUT2D eigenvalue weighted by Crippen LogP contribution is -2.53. The molecule has 1 unspecified atom stereocenters. The molecule has 1 saturated heterocycles. The molecular weight excluding hydrogens is 410 g/mol. The van der Waals surface area contributed by atoms with E-state index in [1.165, 1.54) is 0 Å². The van der Waals surface area contributed by atoms with Crippen LogP contribution >= 0.6 is 0 Å². The van der Waals surface area contributed by atoms with Gasteiger partial charge < -0.3 is 29.7 Å². The predicted molar refractivity (Wildman–Crippen MR) is 122 cm³/mol. The molecule has 1 fully saturated rings. The highest BCUT2D eigenvalue weighted by Crippen LogP contribution is 2.26. The summed E-state index contributed by atoms with van der Waals surface area (Å²) in [6.07, 6.45) is 1.25. The number of nitrogens with one attached hydrogen (secondary N) is 2. The van der Waals surface area contributed by atoms with Gasteiger partial charge in [-0.25, -0.2) is 4.79 Å². The summed E-state index contributed by atoms with van der Waals surface area (Å²) in [5.41, 5.74) is 1.23.